The Balaban J connectivity index is 1.31. The van der Waals surface area contributed by atoms with Crippen molar-refractivity contribution in [1.29, 1.82) is 0 Å². The van der Waals surface area contributed by atoms with Crippen LogP contribution in [0.3, 0.4) is 0 Å². The fourth-order valence-electron chi connectivity index (χ4n) is 4.28. The van der Waals surface area contributed by atoms with Crippen LogP contribution in [-0.4, -0.2) is 41.7 Å². The van der Waals surface area contributed by atoms with Crippen LogP contribution in [0.15, 0.2) is 78.2 Å². The number of ether oxygens (including phenoxy) is 2. The van der Waals surface area contributed by atoms with Crippen LogP contribution in [0.4, 0.5) is 0 Å². The first-order valence-electron chi connectivity index (χ1n) is 11.8. The van der Waals surface area contributed by atoms with E-state index < -0.39 is 0 Å². The zero-order valence-corrected chi connectivity index (χ0v) is 19.9. The summed E-state index contributed by atoms with van der Waals surface area (Å²) in [6, 6.07) is 23.8. The molecule has 0 N–H and O–H groups in total. The standard InChI is InChI=1S/C28H28N2O3S/c31-28(27-13-12-22-7-1-2-11-26(22)29-27)30(20-24-9-4-15-32-24)19-21-6-3-8-23(18-21)33-16-14-25-10-5-17-34-25/h1-3,5-8,10-13,17-18,24H,4,9,14-16,19-20H2. The minimum atomic E-state index is -0.0785. The SMILES string of the molecule is O=C(c1ccc2ccccc2n1)N(Cc1cccc(OCCc2cccs2)c1)CC1CCCO1. The van der Waals surface area contributed by atoms with E-state index in [1.807, 2.05) is 65.6 Å². The highest BCUT2D eigenvalue weighted by molar-refractivity contribution is 7.09. The van der Waals surface area contributed by atoms with Crippen molar-refractivity contribution in [1.82, 2.24) is 9.88 Å². The lowest BCUT2D eigenvalue weighted by Gasteiger charge is -2.25. The molecule has 3 heterocycles. The molecule has 0 saturated carbocycles. The molecule has 2 aromatic heterocycles. The lowest BCUT2D eigenvalue weighted by atomic mass is 10.1. The number of rotatable bonds is 9. The van der Waals surface area contributed by atoms with Gasteiger partial charge in [-0.25, -0.2) is 4.98 Å². The van der Waals surface area contributed by atoms with Crippen LogP contribution in [0.5, 0.6) is 5.75 Å². The number of nitrogens with zero attached hydrogens (tertiary/aromatic N) is 2. The van der Waals surface area contributed by atoms with Crippen molar-refractivity contribution >= 4 is 28.1 Å². The summed E-state index contributed by atoms with van der Waals surface area (Å²) in [5.41, 5.74) is 2.31. The number of carbonyl (C=O) groups excluding carboxylic acids is 1. The molecule has 6 heteroatoms. The average molecular weight is 473 g/mol. The third kappa shape index (κ3) is 5.64. The molecule has 0 spiro atoms. The molecule has 2 aromatic carbocycles. The molecule has 0 aliphatic carbocycles. The lowest BCUT2D eigenvalue weighted by molar-refractivity contribution is 0.0503. The maximum absolute atomic E-state index is 13.5. The summed E-state index contributed by atoms with van der Waals surface area (Å²) in [4.78, 5) is 21.4. The van der Waals surface area contributed by atoms with Crippen LogP contribution in [0.1, 0.15) is 33.8 Å². The maximum Gasteiger partial charge on any atom is 0.272 e. The summed E-state index contributed by atoms with van der Waals surface area (Å²) in [5.74, 6) is 0.743. The van der Waals surface area contributed by atoms with Gasteiger partial charge in [0.05, 0.1) is 18.2 Å². The topological polar surface area (TPSA) is 51.7 Å². The molecule has 1 amide bonds. The van der Waals surface area contributed by atoms with Gasteiger partial charge in [-0.3, -0.25) is 4.79 Å². The molecule has 1 aliphatic rings. The molecule has 0 bridgehead atoms. The van der Waals surface area contributed by atoms with E-state index >= 15 is 0 Å². The predicted octanol–water partition coefficient (Wildman–Crippen LogP) is 5.74. The Morgan fingerprint density at radius 3 is 2.88 bits per heavy atom. The minimum absolute atomic E-state index is 0.0645. The van der Waals surface area contributed by atoms with Crippen molar-refractivity contribution < 1.29 is 14.3 Å². The smallest absolute Gasteiger partial charge is 0.272 e. The molecule has 1 fully saturated rings. The van der Waals surface area contributed by atoms with Crippen molar-refractivity contribution in [2.75, 3.05) is 19.8 Å². The molecule has 174 valence electrons. The molecule has 1 aliphatic heterocycles. The summed E-state index contributed by atoms with van der Waals surface area (Å²) in [6.45, 7) is 2.42. The highest BCUT2D eigenvalue weighted by Crippen LogP contribution is 2.21. The Morgan fingerprint density at radius 1 is 1.09 bits per heavy atom. The molecule has 4 aromatic rings. The summed E-state index contributed by atoms with van der Waals surface area (Å²) in [7, 11) is 0. The largest absolute Gasteiger partial charge is 0.493 e. The first-order valence-corrected chi connectivity index (χ1v) is 12.6. The van der Waals surface area contributed by atoms with Crippen LogP contribution in [0.25, 0.3) is 10.9 Å². The third-order valence-corrected chi connectivity index (χ3v) is 6.96. The van der Waals surface area contributed by atoms with Gasteiger partial charge in [-0.1, -0.05) is 42.5 Å². The van der Waals surface area contributed by atoms with Crippen molar-refractivity contribution in [2.24, 2.45) is 0 Å². The number of aromatic nitrogens is 1. The maximum atomic E-state index is 13.5. The van der Waals surface area contributed by atoms with Crippen LogP contribution >= 0.6 is 11.3 Å². The number of benzene rings is 2. The molecule has 5 nitrogen and oxygen atoms in total. The number of thiophene rings is 1. The van der Waals surface area contributed by atoms with Crippen LogP contribution in [0.2, 0.25) is 0 Å². The first kappa shape index (κ1) is 22.6. The van der Waals surface area contributed by atoms with Crippen molar-refractivity contribution in [3.8, 4) is 5.75 Å². The lowest BCUT2D eigenvalue weighted by Crippen LogP contribution is -2.37. The summed E-state index contributed by atoms with van der Waals surface area (Å²) in [6.07, 6.45) is 2.96. The summed E-state index contributed by atoms with van der Waals surface area (Å²) < 4.78 is 11.8. The van der Waals surface area contributed by atoms with Gasteiger partial charge < -0.3 is 14.4 Å². The first-order chi connectivity index (χ1) is 16.7. The number of carbonyl (C=O) groups is 1. The van der Waals surface area contributed by atoms with Crippen LogP contribution in [-0.2, 0) is 17.7 Å². The van der Waals surface area contributed by atoms with E-state index in [0.29, 0.717) is 25.4 Å². The van der Waals surface area contributed by atoms with E-state index in [1.165, 1.54) is 4.88 Å². The summed E-state index contributed by atoms with van der Waals surface area (Å²) >= 11 is 1.74. The van der Waals surface area contributed by atoms with Gasteiger partial charge in [-0.15, -0.1) is 11.3 Å². The van der Waals surface area contributed by atoms with Gasteiger partial charge in [0.1, 0.15) is 11.4 Å². The van der Waals surface area contributed by atoms with Gasteiger partial charge in [0.2, 0.25) is 0 Å². The van der Waals surface area contributed by atoms with E-state index in [0.717, 1.165) is 48.1 Å². The van der Waals surface area contributed by atoms with E-state index in [2.05, 4.69) is 22.5 Å². The summed E-state index contributed by atoms with van der Waals surface area (Å²) in [5, 5.41) is 3.11. The zero-order valence-electron chi connectivity index (χ0n) is 19.1. The van der Waals surface area contributed by atoms with Gasteiger partial charge in [-0.2, -0.15) is 0 Å². The fraction of sp³-hybridized carbons (Fsp3) is 0.286. The average Bonchev–Trinajstić information content (AvgIpc) is 3.58. The number of hydrogen-bond donors (Lipinski definition) is 0. The Labute approximate surface area is 204 Å². The van der Waals surface area contributed by atoms with Gasteiger partial charge in [0.25, 0.3) is 5.91 Å². The Morgan fingerprint density at radius 2 is 2.03 bits per heavy atom. The molecule has 5 rings (SSSR count). The van der Waals surface area contributed by atoms with Gasteiger partial charge in [0, 0.05) is 36.4 Å². The van der Waals surface area contributed by atoms with Gasteiger partial charge in [0.15, 0.2) is 0 Å². The molecular formula is C28H28N2O3S. The molecule has 0 radical (unpaired) electrons. The van der Waals surface area contributed by atoms with Crippen molar-refractivity contribution in [3.05, 3.63) is 94.3 Å². The predicted molar refractivity (Wildman–Crippen MR) is 135 cm³/mol. The van der Waals surface area contributed by atoms with Gasteiger partial charge in [-0.05, 0) is 54.1 Å². The monoisotopic (exact) mass is 472 g/mol. The number of fused-ring (bicyclic) bond motifs is 1. The highest BCUT2D eigenvalue weighted by Gasteiger charge is 2.24. The van der Waals surface area contributed by atoms with E-state index in [4.69, 9.17) is 9.47 Å². The Kier molecular flexibility index (Phi) is 7.17. The molecule has 1 unspecified atom stereocenters. The van der Waals surface area contributed by atoms with Gasteiger partial charge >= 0.3 is 0 Å². The quantitative estimate of drug-likeness (QED) is 0.312. The van der Waals surface area contributed by atoms with Crippen LogP contribution in [0, 0.1) is 0 Å². The second-order valence-electron chi connectivity index (χ2n) is 8.54. The van der Waals surface area contributed by atoms with E-state index in [-0.39, 0.29) is 12.0 Å². The van der Waals surface area contributed by atoms with Crippen molar-refractivity contribution in [2.45, 2.75) is 31.9 Å². The number of hydrogen-bond acceptors (Lipinski definition) is 5. The Hall–Kier alpha value is -3.22. The zero-order chi connectivity index (χ0) is 23.2. The molecule has 34 heavy (non-hydrogen) atoms. The number of pyridine rings is 1. The minimum Gasteiger partial charge on any atom is -0.493 e. The Bertz CT molecular complexity index is 1240. The number of para-hydroxylation sites is 1. The van der Waals surface area contributed by atoms with Crippen LogP contribution < -0.4 is 4.74 Å². The third-order valence-electron chi connectivity index (χ3n) is 6.02. The normalized spacial score (nSPS) is 15.5. The van der Waals surface area contributed by atoms with E-state index in [1.54, 1.807) is 11.3 Å². The second kappa shape index (κ2) is 10.8. The fourth-order valence-corrected chi connectivity index (χ4v) is 4.97. The molecule has 1 saturated heterocycles. The van der Waals surface area contributed by atoms with E-state index in [9.17, 15) is 4.79 Å². The molecular weight excluding hydrogens is 444 g/mol. The second-order valence-corrected chi connectivity index (χ2v) is 9.57. The molecule has 1 atom stereocenters. The number of amides is 1. The van der Waals surface area contributed by atoms with Crippen molar-refractivity contribution in [3.63, 3.8) is 0 Å². The highest BCUT2D eigenvalue weighted by atomic mass is 32.1.